The molecule has 0 heterocycles. The van der Waals surface area contributed by atoms with Gasteiger partial charge in [-0.15, -0.1) is 0 Å². The lowest BCUT2D eigenvalue weighted by Gasteiger charge is -2.10. The Bertz CT molecular complexity index is 1250. The van der Waals surface area contributed by atoms with Gasteiger partial charge in [-0.2, -0.15) is 5.26 Å². The monoisotopic (exact) mass is 449 g/mol. The zero-order chi connectivity index (χ0) is 23.1. The zero-order valence-corrected chi connectivity index (χ0v) is 17.5. The molecule has 0 aliphatic heterocycles. The second-order valence-corrected chi connectivity index (χ2v) is 6.75. The van der Waals surface area contributed by atoms with Crippen molar-refractivity contribution >= 4 is 35.0 Å². The average Bonchev–Trinajstić information content (AvgIpc) is 2.79. The van der Waals surface area contributed by atoms with Gasteiger partial charge in [0.05, 0.1) is 22.7 Å². The van der Waals surface area contributed by atoms with Crippen LogP contribution in [0.15, 0.2) is 72.3 Å². The van der Waals surface area contributed by atoms with Gasteiger partial charge in [0.25, 0.3) is 5.91 Å². The molecular formula is C23H16ClN3O5. The predicted octanol–water partition coefficient (Wildman–Crippen LogP) is 5.59. The maximum absolute atomic E-state index is 12.5. The zero-order valence-electron chi connectivity index (χ0n) is 16.7. The molecule has 0 bridgehead atoms. The fraction of sp³-hybridized carbons (Fsp3) is 0.0435. The van der Waals surface area contributed by atoms with Crippen LogP contribution in [0, 0.1) is 21.4 Å². The van der Waals surface area contributed by atoms with E-state index in [4.69, 9.17) is 21.1 Å². The third-order valence-electron chi connectivity index (χ3n) is 4.27. The standard InChI is InChI=1S/C23H16ClN3O5/c1-31-21-9-5-3-7-18(21)26-23(28)16(14-25)12-15-10-11-22(19(13-15)27(29)30)32-20-8-4-2-6-17(20)24/h2-13H,1H3,(H,26,28)/b16-12+. The summed E-state index contributed by atoms with van der Waals surface area (Å²) in [7, 11) is 1.46. The summed E-state index contributed by atoms with van der Waals surface area (Å²) in [6.45, 7) is 0. The molecule has 9 heteroatoms. The van der Waals surface area contributed by atoms with Crippen LogP contribution in [0.5, 0.6) is 17.2 Å². The van der Waals surface area contributed by atoms with E-state index in [1.165, 1.54) is 31.4 Å². The van der Waals surface area contributed by atoms with E-state index < -0.39 is 10.8 Å². The molecule has 3 aromatic rings. The van der Waals surface area contributed by atoms with E-state index in [-0.39, 0.29) is 28.3 Å². The molecule has 0 aliphatic rings. The van der Waals surface area contributed by atoms with Gasteiger partial charge in [0, 0.05) is 6.07 Å². The molecule has 0 spiro atoms. The van der Waals surface area contributed by atoms with Gasteiger partial charge >= 0.3 is 5.69 Å². The number of hydrogen-bond acceptors (Lipinski definition) is 6. The van der Waals surface area contributed by atoms with Crippen LogP contribution in [-0.4, -0.2) is 17.9 Å². The van der Waals surface area contributed by atoms with E-state index in [1.807, 2.05) is 6.07 Å². The minimum absolute atomic E-state index is 0.0303. The van der Waals surface area contributed by atoms with Gasteiger partial charge in [0.15, 0.2) is 0 Å². The van der Waals surface area contributed by atoms with Crippen molar-refractivity contribution in [1.82, 2.24) is 0 Å². The first-order valence-electron chi connectivity index (χ1n) is 9.20. The molecule has 160 valence electrons. The van der Waals surface area contributed by atoms with Crippen LogP contribution in [0.2, 0.25) is 5.02 Å². The number of hydrogen-bond donors (Lipinski definition) is 1. The van der Waals surface area contributed by atoms with Crippen molar-refractivity contribution in [3.63, 3.8) is 0 Å². The first kappa shape index (κ1) is 22.3. The highest BCUT2D eigenvalue weighted by Gasteiger charge is 2.19. The lowest BCUT2D eigenvalue weighted by molar-refractivity contribution is -0.385. The number of halogens is 1. The SMILES string of the molecule is COc1ccccc1NC(=O)/C(C#N)=C/c1ccc(Oc2ccccc2Cl)c([N+](=O)[O-])c1. The number of nitrogens with one attached hydrogen (secondary N) is 1. The van der Waals surface area contributed by atoms with E-state index in [0.29, 0.717) is 16.5 Å². The molecule has 8 nitrogen and oxygen atoms in total. The second-order valence-electron chi connectivity index (χ2n) is 6.34. The van der Waals surface area contributed by atoms with Crippen LogP contribution in [0.1, 0.15) is 5.56 Å². The summed E-state index contributed by atoms with van der Waals surface area (Å²) in [5.74, 6) is -0.0300. The molecule has 0 unspecified atom stereocenters. The van der Waals surface area contributed by atoms with Crippen molar-refractivity contribution in [2.45, 2.75) is 0 Å². The van der Waals surface area contributed by atoms with Crippen molar-refractivity contribution in [1.29, 1.82) is 5.26 Å². The Morgan fingerprint density at radius 3 is 2.44 bits per heavy atom. The van der Waals surface area contributed by atoms with Crippen LogP contribution in [0.3, 0.4) is 0 Å². The first-order valence-corrected chi connectivity index (χ1v) is 9.57. The summed E-state index contributed by atoms with van der Waals surface area (Å²) in [5.41, 5.74) is 0.0663. The number of carbonyl (C=O) groups excluding carboxylic acids is 1. The lowest BCUT2D eigenvalue weighted by atomic mass is 10.1. The topological polar surface area (TPSA) is 114 Å². The molecule has 0 aromatic heterocycles. The number of nitriles is 1. The Labute approximate surface area is 188 Å². The molecule has 0 radical (unpaired) electrons. The molecule has 1 amide bonds. The van der Waals surface area contributed by atoms with E-state index >= 15 is 0 Å². The molecule has 1 N–H and O–H groups in total. The molecule has 0 saturated heterocycles. The fourth-order valence-electron chi connectivity index (χ4n) is 2.75. The number of ether oxygens (including phenoxy) is 2. The molecule has 0 atom stereocenters. The molecule has 3 aromatic carbocycles. The molecule has 32 heavy (non-hydrogen) atoms. The molecular weight excluding hydrogens is 434 g/mol. The number of para-hydroxylation sites is 3. The van der Waals surface area contributed by atoms with Gasteiger partial charge in [-0.1, -0.05) is 41.9 Å². The number of benzene rings is 3. The summed E-state index contributed by atoms with van der Waals surface area (Å²) >= 11 is 6.05. The molecule has 0 aliphatic carbocycles. The van der Waals surface area contributed by atoms with Gasteiger partial charge in [-0.25, -0.2) is 0 Å². The van der Waals surface area contributed by atoms with Gasteiger partial charge in [0.2, 0.25) is 5.75 Å². The third-order valence-corrected chi connectivity index (χ3v) is 4.58. The minimum Gasteiger partial charge on any atom is -0.495 e. The predicted molar refractivity (Wildman–Crippen MR) is 120 cm³/mol. The molecule has 3 rings (SSSR count). The Kier molecular flexibility index (Phi) is 7.06. The van der Waals surface area contributed by atoms with E-state index in [2.05, 4.69) is 5.32 Å². The Hall–Kier alpha value is -4.35. The van der Waals surface area contributed by atoms with Gasteiger partial charge < -0.3 is 14.8 Å². The maximum atomic E-state index is 12.5. The van der Waals surface area contributed by atoms with Gasteiger partial charge in [-0.05, 0) is 42.0 Å². The van der Waals surface area contributed by atoms with E-state index in [0.717, 1.165) is 0 Å². The highest BCUT2D eigenvalue weighted by atomic mass is 35.5. The quantitative estimate of drug-likeness (QED) is 0.217. The number of nitro benzene ring substituents is 1. The van der Waals surface area contributed by atoms with E-state index in [9.17, 15) is 20.2 Å². The maximum Gasteiger partial charge on any atom is 0.312 e. The van der Waals surface area contributed by atoms with Crippen molar-refractivity contribution in [3.8, 4) is 23.3 Å². The number of anilines is 1. The highest BCUT2D eigenvalue weighted by molar-refractivity contribution is 6.32. The molecule has 0 saturated carbocycles. The van der Waals surface area contributed by atoms with Crippen molar-refractivity contribution in [3.05, 3.63) is 93.0 Å². The largest absolute Gasteiger partial charge is 0.495 e. The second kappa shape index (κ2) is 10.1. The van der Waals surface area contributed by atoms with E-state index in [1.54, 1.807) is 48.5 Å². The van der Waals surface area contributed by atoms with Crippen LogP contribution in [-0.2, 0) is 4.79 Å². The number of nitrogens with zero attached hydrogens (tertiary/aromatic N) is 2. The van der Waals surface area contributed by atoms with Crippen molar-refractivity contribution in [2.75, 3.05) is 12.4 Å². The number of carbonyl (C=O) groups is 1. The first-order chi connectivity index (χ1) is 15.4. The summed E-state index contributed by atoms with van der Waals surface area (Å²) in [5, 5.41) is 23.9. The summed E-state index contributed by atoms with van der Waals surface area (Å²) < 4.78 is 10.8. The number of nitro groups is 1. The highest BCUT2D eigenvalue weighted by Crippen LogP contribution is 2.35. The Morgan fingerprint density at radius 2 is 1.78 bits per heavy atom. The van der Waals surface area contributed by atoms with Crippen molar-refractivity contribution in [2.24, 2.45) is 0 Å². The smallest absolute Gasteiger partial charge is 0.312 e. The third kappa shape index (κ3) is 5.22. The number of rotatable bonds is 7. The molecule has 0 fully saturated rings. The summed E-state index contributed by atoms with van der Waals surface area (Å²) in [6, 6.07) is 19.2. The van der Waals surface area contributed by atoms with Gasteiger partial charge in [-0.3, -0.25) is 14.9 Å². The number of methoxy groups -OCH3 is 1. The normalized spacial score (nSPS) is 10.7. The van der Waals surface area contributed by atoms with Crippen LogP contribution in [0.25, 0.3) is 6.08 Å². The minimum atomic E-state index is -0.684. The Balaban J connectivity index is 1.90. The van der Waals surface area contributed by atoms with Gasteiger partial charge in [0.1, 0.15) is 23.1 Å². The lowest BCUT2D eigenvalue weighted by Crippen LogP contribution is -2.14. The van der Waals surface area contributed by atoms with Crippen molar-refractivity contribution < 1.29 is 19.2 Å². The van der Waals surface area contributed by atoms with Crippen LogP contribution < -0.4 is 14.8 Å². The Morgan fingerprint density at radius 1 is 1.09 bits per heavy atom. The summed E-state index contributed by atoms with van der Waals surface area (Å²) in [6.07, 6.45) is 1.25. The number of amides is 1. The average molecular weight is 450 g/mol. The summed E-state index contributed by atoms with van der Waals surface area (Å²) in [4.78, 5) is 23.5. The fourth-order valence-corrected chi connectivity index (χ4v) is 2.93. The van der Waals surface area contributed by atoms with Crippen LogP contribution in [0.4, 0.5) is 11.4 Å². The van der Waals surface area contributed by atoms with Crippen LogP contribution >= 0.6 is 11.6 Å².